The van der Waals surface area contributed by atoms with E-state index in [0.29, 0.717) is 10.8 Å². The van der Waals surface area contributed by atoms with Crippen LogP contribution in [0.1, 0.15) is 119 Å². The number of rotatable bonds is 5. The topological polar surface area (TPSA) is 0 Å². The molecular formula is C28H50. The Morgan fingerprint density at radius 1 is 0.714 bits per heavy atom. The van der Waals surface area contributed by atoms with Gasteiger partial charge in [0.1, 0.15) is 0 Å². The molecule has 4 rings (SSSR count). The molecule has 28 heavy (non-hydrogen) atoms. The second-order valence-electron chi connectivity index (χ2n) is 12.9. The van der Waals surface area contributed by atoms with Crippen LogP contribution in [-0.2, 0) is 0 Å². The monoisotopic (exact) mass is 386 g/mol. The second kappa shape index (κ2) is 7.92. The van der Waals surface area contributed by atoms with Gasteiger partial charge in [-0.05, 0) is 110 Å². The van der Waals surface area contributed by atoms with Gasteiger partial charge in [-0.25, -0.2) is 0 Å². The first-order chi connectivity index (χ1) is 13.3. The summed E-state index contributed by atoms with van der Waals surface area (Å²) in [6.45, 7) is 15.4. The summed E-state index contributed by atoms with van der Waals surface area (Å²) in [5.41, 5.74) is 1.37. The lowest BCUT2D eigenvalue weighted by Crippen LogP contribution is -2.53. The molecule has 4 fully saturated rings. The fourth-order valence-corrected chi connectivity index (χ4v) is 9.33. The van der Waals surface area contributed by atoms with E-state index in [1.54, 1.807) is 51.4 Å². The van der Waals surface area contributed by atoms with Gasteiger partial charge in [-0.3, -0.25) is 0 Å². The molecule has 9 atom stereocenters. The van der Waals surface area contributed by atoms with Crippen LogP contribution in [0.5, 0.6) is 0 Å². The molecule has 4 aliphatic carbocycles. The Bertz CT molecular complexity index is 534. The maximum atomic E-state index is 2.75. The summed E-state index contributed by atoms with van der Waals surface area (Å²) in [4.78, 5) is 0. The van der Waals surface area contributed by atoms with Gasteiger partial charge < -0.3 is 0 Å². The van der Waals surface area contributed by atoms with Crippen LogP contribution < -0.4 is 0 Å². The fraction of sp³-hybridized carbons (Fsp3) is 1.00. The Labute approximate surface area is 177 Å². The third kappa shape index (κ3) is 3.41. The first-order valence-corrected chi connectivity index (χ1v) is 13.3. The van der Waals surface area contributed by atoms with Gasteiger partial charge in [-0.15, -0.1) is 0 Å². The molecule has 0 radical (unpaired) electrons. The minimum atomic E-state index is 0.666. The van der Waals surface area contributed by atoms with E-state index in [-0.39, 0.29) is 0 Å². The van der Waals surface area contributed by atoms with Gasteiger partial charge in [0.2, 0.25) is 0 Å². The Hall–Kier alpha value is 0. The molecule has 0 aromatic rings. The first-order valence-electron chi connectivity index (χ1n) is 13.3. The Balaban J connectivity index is 1.46. The molecule has 0 aliphatic heterocycles. The molecule has 0 heteroatoms. The molecule has 0 heterocycles. The maximum absolute atomic E-state index is 2.75. The van der Waals surface area contributed by atoms with Crippen molar-refractivity contribution in [3.8, 4) is 0 Å². The van der Waals surface area contributed by atoms with E-state index in [1.807, 2.05) is 0 Å². The lowest BCUT2D eigenvalue weighted by atomic mass is 9.44. The highest BCUT2D eigenvalue weighted by Gasteiger charge is 2.60. The van der Waals surface area contributed by atoms with Crippen molar-refractivity contribution in [3.63, 3.8) is 0 Å². The van der Waals surface area contributed by atoms with Crippen LogP contribution in [0.15, 0.2) is 0 Å². The van der Waals surface area contributed by atoms with E-state index in [0.717, 1.165) is 47.3 Å². The minimum Gasteiger partial charge on any atom is -0.0625 e. The minimum absolute atomic E-state index is 0.666. The molecule has 0 amide bonds. The van der Waals surface area contributed by atoms with E-state index in [2.05, 4.69) is 41.5 Å². The third-order valence-electron chi connectivity index (χ3n) is 11.6. The summed E-state index contributed by atoms with van der Waals surface area (Å²) in [6.07, 6.45) is 18.4. The summed E-state index contributed by atoms with van der Waals surface area (Å²) >= 11 is 0. The molecule has 0 bridgehead atoms. The predicted octanol–water partition coefficient (Wildman–Crippen LogP) is 8.74. The van der Waals surface area contributed by atoms with E-state index >= 15 is 0 Å². The summed E-state index contributed by atoms with van der Waals surface area (Å²) in [7, 11) is 0. The first kappa shape index (κ1) is 21.2. The Morgan fingerprint density at radius 2 is 1.46 bits per heavy atom. The Morgan fingerprint density at radius 3 is 2.21 bits per heavy atom. The van der Waals surface area contributed by atoms with Gasteiger partial charge in [0.15, 0.2) is 0 Å². The molecule has 0 spiro atoms. The molecule has 0 nitrogen and oxygen atoms in total. The molecule has 0 saturated heterocycles. The van der Waals surface area contributed by atoms with Crippen molar-refractivity contribution in [1.29, 1.82) is 0 Å². The third-order valence-corrected chi connectivity index (χ3v) is 11.6. The molecule has 0 aromatic carbocycles. The number of hydrogen-bond acceptors (Lipinski definition) is 0. The molecule has 6 unspecified atom stereocenters. The molecule has 4 aliphatic rings. The van der Waals surface area contributed by atoms with Crippen LogP contribution >= 0.6 is 0 Å². The van der Waals surface area contributed by atoms with Crippen LogP contribution in [-0.4, -0.2) is 0 Å². The molecule has 162 valence electrons. The van der Waals surface area contributed by atoms with E-state index in [4.69, 9.17) is 0 Å². The van der Waals surface area contributed by atoms with Gasteiger partial charge in [0.25, 0.3) is 0 Å². The normalized spacial score (nSPS) is 47.9. The predicted molar refractivity (Wildman–Crippen MR) is 122 cm³/mol. The van der Waals surface area contributed by atoms with Gasteiger partial charge in [-0.1, -0.05) is 67.2 Å². The van der Waals surface area contributed by atoms with E-state index in [9.17, 15) is 0 Å². The average molecular weight is 387 g/mol. The lowest BCUT2D eigenvalue weighted by molar-refractivity contribution is -0.114. The zero-order chi connectivity index (χ0) is 20.1. The number of hydrogen-bond donors (Lipinski definition) is 0. The molecule has 4 saturated carbocycles. The summed E-state index contributed by atoms with van der Waals surface area (Å²) < 4.78 is 0. The standard InChI is InChI=1S/C28H50/c1-19(2)20(3)10-11-21(4)24-14-15-25-23-13-12-22-9-7-8-17-27(22,5)26(23)16-18-28(24,25)6/h19-26H,7-18H2,1-6H3/t20?,21-,22?,23?,24?,25?,26?,27-,28+/m1/s1. The van der Waals surface area contributed by atoms with Crippen LogP contribution in [0.3, 0.4) is 0 Å². The zero-order valence-corrected chi connectivity index (χ0v) is 20.1. The highest BCUT2D eigenvalue weighted by molar-refractivity contribution is 5.09. The van der Waals surface area contributed by atoms with Crippen LogP contribution in [0, 0.1) is 58.2 Å². The van der Waals surface area contributed by atoms with Crippen molar-refractivity contribution in [3.05, 3.63) is 0 Å². The number of fused-ring (bicyclic) bond motifs is 5. The van der Waals surface area contributed by atoms with E-state index < -0.39 is 0 Å². The van der Waals surface area contributed by atoms with Crippen molar-refractivity contribution in [2.75, 3.05) is 0 Å². The van der Waals surface area contributed by atoms with E-state index in [1.165, 1.54) is 25.7 Å². The maximum Gasteiger partial charge on any atom is -0.0264 e. The molecule has 0 aromatic heterocycles. The smallest absolute Gasteiger partial charge is 0.0264 e. The lowest BCUT2D eigenvalue weighted by Gasteiger charge is -2.61. The van der Waals surface area contributed by atoms with Crippen LogP contribution in [0.4, 0.5) is 0 Å². The Kier molecular flexibility index (Phi) is 6.01. The van der Waals surface area contributed by atoms with Gasteiger partial charge in [0.05, 0.1) is 0 Å². The van der Waals surface area contributed by atoms with Gasteiger partial charge in [0, 0.05) is 0 Å². The molecular weight excluding hydrogens is 336 g/mol. The van der Waals surface area contributed by atoms with Crippen molar-refractivity contribution >= 4 is 0 Å². The van der Waals surface area contributed by atoms with Crippen LogP contribution in [0.2, 0.25) is 0 Å². The van der Waals surface area contributed by atoms with Crippen LogP contribution in [0.25, 0.3) is 0 Å². The summed E-state index contributed by atoms with van der Waals surface area (Å²) in [6, 6.07) is 0. The van der Waals surface area contributed by atoms with Gasteiger partial charge in [-0.2, -0.15) is 0 Å². The highest BCUT2D eigenvalue weighted by atomic mass is 14.6. The van der Waals surface area contributed by atoms with Crippen molar-refractivity contribution in [2.24, 2.45) is 58.2 Å². The quantitative estimate of drug-likeness (QED) is 0.443. The van der Waals surface area contributed by atoms with Crippen molar-refractivity contribution in [2.45, 2.75) is 119 Å². The summed E-state index contributed by atoms with van der Waals surface area (Å²) in [5, 5.41) is 0. The van der Waals surface area contributed by atoms with Crippen molar-refractivity contribution < 1.29 is 0 Å². The highest BCUT2D eigenvalue weighted by Crippen LogP contribution is 2.68. The largest absolute Gasteiger partial charge is 0.0625 e. The van der Waals surface area contributed by atoms with Crippen molar-refractivity contribution in [1.82, 2.24) is 0 Å². The molecule has 0 N–H and O–H groups in total. The summed E-state index contributed by atoms with van der Waals surface area (Å²) in [5.74, 6) is 7.96. The average Bonchev–Trinajstić information content (AvgIpc) is 3.02. The second-order valence-corrected chi connectivity index (χ2v) is 12.9. The SMILES string of the molecule is CC(C)C(C)CC[C@@H](C)C1CCC2C3CCC4CCCC[C@@]4(C)C3CC[C@]21C. The zero-order valence-electron chi connectivity index (χ0n) is 20.1. The van der Waals surface area contributed by atoms with Gasteiger partial charge >= 0.3 is 0 Å². The fourth-order valence-electron chi connectivity index (χ4n) is 9.33.